The maximum atomic E-state index is 13.8. The number of halogens is 2. The van der Waals surface area contributed by atoms with Crippen molar-refractivity contribution in [3.63, 3.8) is 0 Å². The topological polar surface area (TPSA) is 85.8 Å². The van der Waals surface area contributed by atoms with Crippen molar-refractivity contribution in [1.29, 1.82) is 0 Å². The molecule has 3 aromatic rings. The van der Waals surface area contributed by atoms with Crippen molar-refractivity contribution < 1.29 is 9.18 Å². The number of benzene rings is 2. The molecule has 0 aliphatic heterocycles. The van der Waals surface area contributed by atoms with E-state index in [1.165, 1.54) is 10.7 Å². The van der Waals surface area contributed by atoms with E-state index in [9.17, 15) is 9.18 Å². The zero-order valence-corrected chi connectivity index (χ0v) is 14.4. The maximum absolute atomic E-state index is 13.8. The van der Waals surface area contributed by atoms with E-state index >= 15 is 0 Å². The average molecular weight is 378 g/mol. The van der Waals surface area contributed by atoms with Gasteiger partial charge in [-0.1, -0.05) is 35.5 Å². The molecule has 9 heteroatoms. The number of nitrogens with zero attached hydrogens (tertiary/aromatic N) is 3. The van der Waals surface area contributed by atoms with Crippen LogP contribution in [0.15, 0.2) is 53.7 Å². The van der Waals surface area contributed by atoms with Crippen molar-refractivity contribution in [1.82, 2.24) is 14.9 Å². The number of carbonyl (C=O) groups is 1. The van der Waals surface area contributed by atoms with E-state index in [1.807, 2.05) is 0 Å². The first-order valence-corrected chi connectivity index (χ1v) is 8.54. The first-order chi connectivity index (χ1) is 12.0. The van der Waals surface area contributed by atoms with Gasteiger partial charge in [-0.3, -0.25) is 4.79 Å². The molecule has 0 radical (unpaired) electrons. The molecule has 0 aliphatic rings. The second-order valence-corrected chi connectivity index (χ2v) is 6.38. The smallest absolute Gasteiger partial charge is 0.234 e. The minimum absolute atomic E-state index is 0.0786. The number of anilines is 1. The van der Waals surface area contributed by atoms with Crippen LogP contribution in [-0.4, -0.2) is 26.5 Å². The van der Waals surface area contributed by atoms with Gasteiger partial charge in [-0.2, -0.15) is 0 Å². The van der Waals surface area contributed by atoms with Crippen LogP contribution in [0.1, 0.15) is 0 Å². The zero-order chi connectivity index (χ0) is 17.8. The summed E-state index contributed by atoms with van der Waals surface area (Å²) >= 11 is 6.90. The zero-order valence-electron chi connectivity index (χ0n) is 12.8. The number of hydrogen-bond acceptors (Lipinski definition) is 5. The number of nitrogen functional groups attached to an aromatic ring is 1. The number of amides is 1. The summed E-state index contributed by atoms with van der Waals surface area (Å²) < 4.78 is 15.0. The molecule has 0 saturated heterocycles. The highest BCUT2D eigenvalue weighted by molar-refractivity contribution is 7.99. The molecule has 3 N–H and O–H groups in total. The van der Waals surface area contributed by atoms with Crippen molar-refractivity contribution >= 4 is 35.0 Å². The molecule has 0 fully saturated rings. The van der Waals surface area contributed by atoms with Gasteiger partial charge in [0, 0.05) is 10.7 Å². The van der Waals surface area contributed by atoms with Gasteiger partial charge in [0.2, 0.25) is 11.1 Å². The van der Waals surface area contributed by atoms with Crippen LogP contribution in [0, 0.1) is 5.82 Å². The van der Waals surface area contributed by atoms with Crippen LogP contribution in [0.4, 0.5) is 10.1 Å². The van der Waals surface area contributed by atoms with Crippen molar-refractivity contribution in [2.75, 3.05) is 16.9 Å². The highest BCUT2D eigenvalue weighted by atomic mass is 35.5. The van der Waals surface area contributed by atoms with Crippen molar-refractivity contribution in [3.05, 3.63) is 59.4 Å². The van der Waals surface area contributed by atoms with Gasteiger partial charge >= 0.3 is 0 Å². The highest BCUT2D eigenvalue weighted by Gasteiger charge is 2.16. The summed E-state index contributed by atoms with van der Waals surface area (Å²) in [6.45, 7) is 0. The Hall–Kier alpha value is -2.58. The first kappa shape index (κ1) is 17.2. The van der Waals surface area contributed by atoms with Crippen molar-refractivity contribution in [3.8, 4) is 11.4 Å². The third kappa shape index (κ3) is 4.09. The fourth-order valence-corrected chi connectivity index (χ4v) is 2.84. The Bertz CT molecular complexity index is 900. The first-order valence-electron chi connectivity index (χ1n) is 7.18. The van der Waals surface area contributed by atoms with Gasteiger partial charge in [0.15, 0.2) is 5.82 Å². The largest absolute Gasteiger partial charge is 0.335 e. The molecule has 6 nitrogen and oxygen atoms in total. The van der Waals surface area contributed by atoms with Gasteiger partial charge in [0.1, 0.15) is 5.82 Å². The lowest BCUT2D eigenvalue weighted by atomic mass is 10.2. The third-order valence-corrected chi connectivity index (χ3v) is 4.43. The Morgan fingerprint density at radius 2 is 1.92 bits per heavy atom. The lowest BCUT2D eigenvalue weighted by molar-refractivity contribution is -0.113. The summed E-state index contributed by atoms with van der Waals surface area (Å²) in [5, 5.41) is 11.4. The molecule has 1 heterocycles. The number of thioether (sulfide) groups is 1. The lowest BCUT2D eigenvalue weighted by Gasteiger charge is -2.06. The SMILES string of the molecule is Nn1c(SCC(=O)Nc2ccc(Cl)cc2)nnc1-c1ccccc1F. The van der Waals surface area contributed by atoms with Crippen molar-refractivity contribution in [2.24, 2.45) is 0 Å². The number of aromatic nitrogens is 3. The van der Waals surface area contributed by atoms with Crippen LogP contribution in [0.3, 0.4) is 0 Å². The Morgan fingerprint density at radius 3 is 2.64 bits per heavy atom. The number of rotatable bonds is 5. The minimum atomic E-state index is -0.446. The Labute approximate surface area is 152 Å². The van der Waals surface area contributed by atoms with Crippen LogP contribution in [0.5, 0.6) is 0 Å². The van der Waals surface area contributed by atoms with E-state index in [0.29, 0.717) is 15.9 Å². The van der Waals surface area contributed by atoms with Gasteiger partial charge in [-0.25, -0.2) is 9.07 Å². The highest BCUT2D eigenvalue weighted by Crippen LogP contribution is 2.23. The number of nitrogens with two attached hydrogens (primary N) is 1. The molecule has 25 heavy (non-hydrogen) atoms. The second-order valence-electron chi connectivity index (χ2n) is 5.00. The van der Waals surface area contributed by atoms with E-state index in [4.69, 9.17) is 17.4 Å². The van der Waals surface area contributed by atoms with Crippen LogP contribution in [0.2, 0.25) is 5.02 Å². The predicted molar refractivity (Wildman–Crippen MR) is 96.4 cm³/mol. The molecule has 3 rings (SSSR count). The minimum Gasteiger partial charge on any atom is -0.335 e. The van der Waals surface area contributed by atoms with E-state index in [-0.39, 0.29) is 23.0 Å². The summed E-state index contributed by atoms with van der Waals surface area (Å²) in [5.74, 6) is 5.51. The van der Waals surface area contributed by atoms with Crippen LogP contribution in [-0.2, 0) is 4.79 Å². The molecule has 1 amide bonds. The number of hydrogen-bond donors (Lipinski definition) is 2. The molecular weight excluding hydrogens is 365 g/mol. The van der Waals surface area contributed by atoms with Gasteiger partial charge in [-0.05, 0) is 36.4 Å². The molecule has 128 valence electrons. The molecule has 0 spiro atoms. The Kier molecular flexibility index (Phi) is 5.20. The fourth-order valence-electron chi connectivity index (χ4n) is 2.06. The van der Waals surface area contributed by atoms with Crippen LogP contribution >= 0.6 is 23.4 Å². The quantitative estimate of drug-likeness (QED) is 0.527. The van der Waals surface area contributed by atoms with Gasteiger partial charge in [-0.15, -0.1) is 10.2 Å². The standard InChI is InChI=1S/C16H13ClFN5OS/c17-10-5-7-11(8-6-10)20-14(24)9-25-16-22-21-15(23(16)19)12-3-1-2-4-13(12)18/h1-8H,9,19H2,(H,20,24). The average Bonchev–Trinajstić information content (AvgIpc) is 2.96. The molecule has 0 aliphatic carbocycles. The summed E-state index contributed by atoms with van der Waals surface area (Å²) in [7, 11) is 0. The predicted octanol–water partition coefficient (Wildman–Crippen LogP) is 3.18. The molecule has 0 atom stereocenters. The summed E-state index contributed by atoms with van der Waals surface area (Å²) in [6.07, 6.45) is 0. The van der Waals surface area contributed by atoms with E-state index < -0.39 is 5.82 Å². The second kappa shape index (κ2) is 7.54. The van der Waals surface area contributed by atoms with Crippen LogP contribution in [0.25, 0.3) is 11.4 Å². The van der Waals surface area contributed by atoms with E-state index in [0.717, 1.165) is 11.8 Å². The number of nitrogens with one attached hydrogen (secondary N) is 1. The monoisotopic (exact) mass is 377 g/mol. The normalized spacial score (nSPS) is 10.6. The fraction of sp³-hybridized carbons (Fsp3) is 0.0625. The summed E-state index contributed by atoms with van der Waals surface area (Å²) in [4.78, 5) is 12.0. The third-order valence-electron chi connectivity index (χ3n) is 3.24. The molecule has 2 aromatic carbocycles. The van der Waals surface area contributed by atoms with E-state index in [1.54, 1.807) is 42.5 Å². The molecule has 0 saturated carbocycles. The molecule has 0 unspecified atom stereocenters. The Morgan fingerprint density at radius 1 is 1.20 bits per heavy atom. The molecular formula is C16H13ClFN5OS. The van der Waals surface area contributed by atoms with E-state index in [2.05, 4.69) is 15.5 Å². The molecule has 1 aromatic heterocycles. The summed E-state index contributed by atoms with van der Waals surface area (Å²) in [6, 6.07) is 12.9. The maximum Gasteiger partial charge on any atom is 0.234 e. The van der Waals surface area contributed by atoms with Crippen molar-refractivity contribution in [2.45, 2.75) is 5.16 Å². The number of carbonyl (C=O) groups excluding carboxylic acids is 1. The van der Waals surface area contributed by atoms with Crippen LogP contribution < -0.4 is 11.2 Å². The summed E-state index contributed by atoms with van der Waals surface area (Å²) in [5.41, 5.74) is 0.881. The Balaban J connectivity index is 1.65. The van der Waals surface area contributed by atoms with Gasteiger partial charge in [0.05, 0.1) is 11.3 Å². The van der Waals surface area contributed by atoms with Gasteiger partial charge in [0.25, 0.3) is 0 Å². The molecule has 0 bridgehead atoms. The lowest BCUT2D eigenvalue weighted by Crippen LogP contribution is -2.16. The van der Waals surface area contributed by atoms with Gasteiger partial charge < -0.3 is 11.2 Å².